The molecule has 0 radical (unpaired) electrons. The van der Waals surface area contributed by atoms with Crippen LogP contribution in [-0.4, -0.2) is 6.72 Å². The lowest BCUT2D eigenvalue weighted by Gasteiger charge is -2.13. The molecule has 0 unspecified atom stereocenters. The lowest BCUT2D eigenvalue weighted by molar-refractivity contribution is 0.625. The maximum absolute atomic E-state index is 13.3. The zero-order valence-corrected chi connectivity index (χ0v) is 11.1. The van der Waals surface area contributed by atoms with E-state index in [4.69, 9.17) is 5.73 Å². The molecule has 0 saturated heterocycles. The van der Waals surface area contributed by atoms with E-state index in [0.29, 0.717) is 11.7 Å². The Labute approximate surface area is 108 Å². The van der Waals surface area contributed by atoms with E-state index < -0.39 is 0 Å². The lowest BCUT2D eigenvalue weighted by atomic mass is 9.93. The Bertz CT molecular complexity index is 499. The van der Waals surface area contributed by atoms with Gasteiger partial charge in [-0.3, -0.25) is 0 Å². The van der Waals surface area contributed by atoms with Crippen LogP contribution >= 0.6 is 0 Å². The highest BCUT2D eigenvalue weighted by atomic mass is 19.1. The predicted octanol–water partition coefficient (Wildman–Crippen LogP) is 3.85. The fourth-order valence-electron chi connectivity index (χ4n) is 1.73. The molecule has 0 aromatic heterocycles. The van der Waals surface area contributed by atoms with E-state index in [1.54, 1.807) is 12.1 Å². The SMILES string of the molecule is C=N/C(N)=C\C=C(/C)c1cc(F)ccc1C(C)C. The summed E-state index contributed by atoms with van der Waals surface area (Å²) in [5.74, 6) is 0.445. The third-order valence-corrected chi connectivity index (χ3v) is 2.75. The Hall–Kier alpha value is -1.90. The molecule has 18 heavy (non-hydrogen) atoms. The largest absolute Gasteiger partial charge is 0.384 e. The third kappa shape index (κ3) is 3.55. The zero-order chi connectivity index (χ0) is 13.7. The highest BCUT2D eigenvalue weighted by molar-refractivity contribution is 5.68. The Kier molecular flexibility index (Phi) is 4.84. The highest BCUT2D eigenvalue weighted by Crippen LogP contribution is 2.26. The molecular weight excluding hydrogens is 227 g/mol. The first-order valence-electron chi connectivity index (χ1n) is 5.86. The van der Waals surface area contributed by atoms with Gasteiger partial charge < -0.3 is 5.73 Å². The number of rotatable bonds is 4. The van der Waals surface area contributed by atoms with E-state index in [9.17, 15) is 4.39 Å². The van der Waals surface area contributed by atoms with Crippen LogP contribution in [0.2, 0.25) is 0 Å². The van der Waals surface area contributed by atoms with Gasteiger partial charge in [-0.05, 0) is 54.5 Å². The molecule has 2 nitrogen and oxygen atoms in total. The first-order chi connectivity index (χ1) is 8.45. The summed E-state index contributed by atoms with van der Waals surface area (Å²) in [5, 5.41) is 0. The molecule has 0 fully saturated rings. The molecule has 1 rings (SSSR count). The van der Waals surface area contributed by atoms with Crippen molar-refractivity contribution in [3.63, 3.8) is 0 Å². The van der Waals surface area contributed by atoms with Gasteiger partial charge in [0.2, 0.25) is 0 Å². The Balaban J connectivity index is 3.22. The van der Waals surface area contributed by atoms with E-state index in [0.717, 1.165) is 16.7 Å². The van der Waals surface area contributed by atoms with Gasteiger partial charge in [0.25, 0.3) is 0 Å². The molecule has 3 heteroatoms. The Morgan fingerprint density at radius 3 is 2.61 bits per heavy atom. The topological polar surface area (TPSA) is 38.4 Å². The van der Waals surface area contributed by atoms with Crippen molar-refractivity contribution in [3.05, 3.63) is 53.1 Å². The number of hydrogen-bond donors (Lipinski definition) is 1. The van der Waals surface area contributed by atoms with Crippen molar-refractivity contribution < 1.29 is 4.39 Å². The summed E-state index contributed by atoms with van der Waals surface area (Å²) < 4.78 is 13.3. The van der Waals surface area contributed by atoms with Gasteiger partial charge in [0.15, 0.2) is 0 Å². The molecule has 1 aromatic rings. The number of allylic oxidation sites excluding steroid dienone is 3. The van der Waals surface area contributed by atoms with Gasteiger partial charge in [-0.1, -0.05) is 26.0 Å². The molecule has 0 atom stereocenters. The standard InChI is InChI=1S/C15H19FN2/c1-10(2)13-7-6-12(16)9-14(13)11(3)5-8-15(17)18-4/h5-10H,4,17H2,1-3H3/b11-5+,15-8-. The molecule has 0 saturated carbocycles. The van der Waals surface area contributed by atoms with Crippen molar-refractivity contribution in [2.75, 3.05) is 0 Å². The normalized spacial score (nSPS) is 12.9. The van der Waals surface area contributed by atoms with Crippen LogP contribution in [0.25, 0.3) is 5.57 Å². The molecule has 1 aromatic carbocycles. The molecule has 0 aliphatic heterocycles. The second kappa shape index (κ2) is 6.15. The van der Waals surface area contributed by atoms with Crippen LogP contribution in [0, 0.1) is 5.82 Å². The minimum absolute atomic E-state index is 0.235. The van der Waals surface area contributed by atoms with Gasteiger partial charge in [0, 0.05) is 0 Å². The Morgan fingerprint density at radius 2 is 2.06 bits per heavy atom. The molecular formula is C15H19FN2. The van der Waals surface area contributed by atoms with Gasteiger partial charge >= 0.3 is 0 Å². The lowest BCUT2D eigenvalue weighted by Crippen LogP contribution is -1.96. The monoisotopic (exact) mass is 246 g/mol. The van der Waals surface area contributed by atoms with Crippen molar-refractivity contribution >= 4 is 12.3 Å². The van der Waals surface area contributed by atoms with E-state index in [1.807, 2.05) is 19.1 Å². The first kappa shape index (κ1) is 14.2. The van der Waals surface area contributed by atoms with Crippen LogP contribution in [0.5, 0.6) is 0 Å². The second-order valence-corrected chi connectivity index (χ2v) is 4.49. The number of hydrogen-bond acceptors (Lipinski definition) is 2. The molecule has 96 valence electrons. The maximum atomic E-state index is 13.3. The second-order valence-electron chi connectivity index (χ2n) is 4.49. The van der Waals surface area contributed by atoms with Crippen LogP contribution in [0.4, 0.5) is 4.39 Å². The van der Waals surface area contributed by atoms with Crippen molar-refractivity contribution in [3.8, 4) is 0 Å². The molecule has 2 N–H and O–H groups in total. The molecule has 0 aliphatic rings. The van der Waals surface area contributed by atoms with Crippen molar-refractivity contribution in [1.82, 2.24) is 0 Å². The fourth-order valence-corrected chi connectivity index (χ4v) is 1.73. The van der Waals surface area contributed by atoms with E-state index in [-0.39, 0.29) is 5.82 Å². The smallest absolute Gasteiger partial charge is 0.123 e. The average Bonchev–Trinajstić information content (AvgIpc) is 2.34. The number of nitrogens with two attached hydrogens (primary N) is 1. The molecule has 0 bridgehead atoms. The minimum Gasteiger partial charge on any atom is -0.384 e. The number of nitrogens with zero attached hydrogens (tertiary/aromatic N) is 1. The van der Waals surface area contributed by atoms with Crippen LogP contribution < -0.4 is 5.73 Å². The zero-order valence-electron chi connectivity index (χ0n) is 11.1. The average molecular weight is 246 g/mol. The van der Waals surface area contributed by atoms with Gasteiger partial charge in [-0.2, -0.15) is 0 Å². The molecule has 0 amide bonds. The first-order valence-corrected chi connectivity index (χ1v) is 5.86. The quantitative estimate of drug-likeness (QED) is 0.636. The summed E-state index contributed by atoms with van der Waals surface area (Å²) in [6.07, 6.45) is 3.49. The van der Waals surface area contributed by atoms with E-state index in [1.165, 1.54) is 6.07 Å². The van der Waals surface area contributed by atoms with Crippen molar-refractivity contribution in [2.24, 2.45) is 10.7 Å². The summed E-state index contributed by atoms with van der Waals surface area (Å²) in [4.78, 5) is 3.60. The maximum Gasteiger partial charge on any atom is 0.123 e. The predicted molar refractivity (Wildman–Crippen MR) is 76.0 cm³/mol. The highest BCUT2D eigenvalue weighted by Gasteiger charge is 2.08. The van der Waals surface area contributed by atoms with E-state index >= 15 is 0 Å². The van der Waals surface area contributed by atoms with Gasteiger partial charge in [-0.25, -0.2) is 9.38 Å². The number of benzene rings is 1. The van der Waals surface area contributed by atoms with Crippen LogP contribution in [0.3, 0.4) is 0 Å². The van der Waals surface area contributed by atoms with Gasteiger partial charge in [0.1, 0.15) is 11.6 Å². The van der Waals surface area contributed by atoms with Gasteiger partial charge in [0.05, 0.1) is 0 Å². The van der Waals surface area contributed by atoms with Crippen LogP contribution in [0.1, 0.15) is 37.8 Å². The van der Waals surface area contributed by atoms with Crippen LogP contribution in [-0.2, 0) is 0 Å². The van der Waals surface area contributed by atoms with Crippen LogP contribution in [0.15, 0.2) is 41.2 Å². The number of aliphatic imine (C=N–C) groups is 1. The van der Waals surface area contributed by atoms with Crippen molar-refractivity contribution in [2.45, 2.75) is 26.7 Å². The summed E-state index contributed by atoms with van der Waals surface area (Å²) in [5.41, 5.74) is 8.50. The summed E-state index contributed by atoms with van der Waals surface area (Å²) in [6, 6.07) is 4.86. The fraction of sp³-hybridized carbons (Fsp3) is 0.267. The Morgan fingerprint density at radius 1 is 1.39 bits per heavy atom. The summed E-state index contributed by atoms with van der Waals surface area (Å²) >= 11 is 0. The summed E-state index contributed by atoms with van der Waals surface area (Å²) in [7, 11) is 0. The minimum atomic E-state index is -0.235. The summed E-state index contributed by atoms with van der Waals surface area (Å²) in [6.45, 7) is 9.43. The molecule has 0 spiro atoms. The number of halogens is 1. The van der Waals surface area contributed by atoms with Gasteiger partial charge in [-0.15, -0.1) is 0 Å². The molecule has 0 heterocycles. The third-order valence-electron chi connectivity index (χ3n) is 2.75. The van der Waals surface area contributed by atoms with Crippen molar-refractivity contribution in [1.29, 1.82) is 0 Å². The van der Waals surface area contributed by atoms with E-state index in [2.05, 4.69) is 25.6 Å². The molecule has 0 aliphatic carbocycles.